The fourth-order valence-corrected chi connectivity index (χ4v) is 0.927. The van der Waals surface area contributed by atoms with Gasteiger partial charge in [0, 0.05) is 0 Å². The van der Waals surface area contributed by atoms with Gasteiger partial charge < -0.3 is 10.1 Å². The number of aromatic amines is 1. The highest BCUT2D eigenvalue weighted by Gasteiger charge is 2.15. The number of allylic oxidation sites excluding steroid dienone is 4. The van der Waals surface area contributed by atoms with Crippen molar-refractivity contribution in [2.75, 3.05) is 0 Å². The quantitative estimate of drug-likeness (QED) is 0.450. The number of aromatic nitrogens is 2. The molecule has 1 rings (SSSR count). The van der Waals surface area contributed by atoms with Crippen molar-refractivity contribution in [2.45, 2.75) is 0 Å². The van der Waals surface area contributed by atoms with Crippen molar-refractivity contribution < 1.29 is 4.92 Å². The molecule has 0 fully saturated rings. The number of nitro groups is 1. The Morgan fingerprint density at radius 1 is 1.71 bits per heavy atom. The second-order valence-corrected chi connectivity index (χ2v) is 2.51. The van der Waals surface area contributed by atoms with Crippen molar-refractivity contribution in [3.8, 4) is 0 Å². The molecular formula is C9H9N3O2. The second-order valence-electron chi connectivity index (χ2n) is 2.51. The highest BCUT2D eigenvalue weighted by Crippen LogP contribution is 2.22. The number of H-pyrrole nitrogens is 1. The van der Waals surface area contributed by atoms with Gasteiger partial charge in [-0.1, -0.05) is 36.5 Å². The van der Waals surface area contributed by atoms with Gasteiger partial charge in [0.2, 0.25) is 0 Å². The summed E-state index contributed by atoms with van der Waals surface area (Å²) in [4.78, 5) is 9.98. The van der Waals surface area contributed by atoms with Crippen LogP contribution in [0, 0.1) is 10.1 Å². The monoisotopic (exact) mass is 191 g/mol. The summed E-state index contributed by atoms with van der Waals surface area (Å²) in [5, 5.41) is 16.4. The van der Waals surface area contributed by atoms with Gasteiger partial charge in [-0.25, -0.2) is 0 Å². The Balaban J connectivity index is 3.01. The second kappa shape index (κ2) is 4.18. The van der Waals surface area contributed by atoms with Gasteiger partial charge in [-0.2, -0.15) is 0 Å². The molecule has 1 N–H and O–H groups in total. The first kappa shape index (κ1) is 9.91. The first-order valence-electron chi connectivity index (χ1n) is 3.83. The summed E-state index contributed by atoms with van der Waals surface area (Å²) >= 11 is 0. The summed E-state index contributed by atoms with van der Waals surface area (Å²) in [6.45, 7) is 7.16. The zero-order valence-electron chi connectivity index (χ0n) is 7.43. The summed E-state index contributed by atoms with van der Waals surface area (Å²) in [7, 11) is 0. The largest absolute Gasteiger partial charge is 0.358 e. The molecule has 0 aliphatic carbocycles. The standard InChI is InChI=1S/C9H9N3O2/c1-3-4-5-7(2)8-6-10-11-9(8)12(13)14/h3-6H,1-2H2,(H,10,11)/b5-4-. The molecule has 0 saturated carbocycles. The molecule has 1 aromatic heterocycles. The molecule has 0 amide bonds. The van der Waals surface area contributed by atoms with E-state index in [4.69, 9.17) is 0 Å². The highest BCUT2D eigenvalue weighted by atomic mass is 16.6. The van der Waals surface area contributed by atoms with Crippen LogP contribution in [0.1, 0.15) is 5.56 Å². The smallest absolute Gasteiger partial charge is 0.350 e. The van der Waals surface area contributed by atoms with E-state index < -0.39 is 4.92 Å². The van der Waals surface area contributed by atoms with E-state index in [1.165, 1.54) is 6.20 Å². The van der Waals surface area contributed by atoms with Crippen LogP contribution in [0.2, 0.25) is 0 Å². The Hall–Kier alpha value is -2.17. The number of hydrogen-bond donors (Lipinski definition) is 1. The van der Waals surface area contributed by atoms with Crippen LogP contribution in [0.3, 0.4) is 0 Å². The van der Waals surface area contributed by atoms with Crippen LogP contribution in [0.15, 0.2) is 37.6 Å². The van der Waals surface area contributed by atoms with Crippen LogP contribution in [0.25, 0.3) is 5.57 Å². The molecule has 72 valence electrons. The van der Waals surface area contributed by atoms with Crippen LogP contribution in [-0.4, -0.2) is 15.1 Å². The minimum Gasteiger partial charge on any atom is -0.358 e. The zero-order chi connectivity index (χ0) is 10.6. The molecular weight excluding hydrogens is 182 g/mol. The maximum Gasteiger partial charge on any atom is 0.350 e. The molecule has 0 atom stereocenters. The summed E-state index contributed by atoms with van der Waals surface area (Å²) in [5.74, 6) is -0.149. The molecule has 1 heterocycles. The number of hydrogen-bond acceptors (Lipinski definition) is 3. The van der Waals surface area contributed by atoms with E-state index in [1.54, 1.807) is 18.2 Å². The van der Waals surface area contributed by atoms with Gasteiger partial charge in [0.25, 0.3) is 0 Å². The average molecular weight is 191 g/mol. The minimum absolute atomic E-state index is 0.149. The van der Waals surface area contributed by atoms with Crippen molar-refractivity contribution in [1.29, 1.82) is 0 Å². The Labute approximate surface area is 80.6 Å². The first-order valence-corrected chi connectivity index (χ1v) is 3.83. The fraction of sp³-hybridized carbons (Fsp3) is 0. The van der Waals surface area contributed by atoms with Gasteiger partial charge in [-0.05, 0) is 10.5 Å². The van der Waals surface area contributed by atoms with Gasteiger partial charge in [0.05, 0.1) is 11.8 Å². The van der Waals surface area contributed by atoms with Crippen LogP contribution in [0.5, 0.6) is 0 Å². The predicted molar refractivity (Wildman–Crippen MR) is 53.6 cm³/mol. The minimum atomic E-state index is -0.532. The molecule has 0 aliphatic heterocycles. The lowest BCUT2D eigenvalue weighted by atomic mass is 10.1. The van der Waals surface area contributed by atoms with Crippen molar-refractivity contribution in [3.63, 3.8) is 0 Å². The van der Waals surface area contributed by atoms with E-state index in [1.807, 2.05) is 0 Å². The number of nitrogens with zero attached hydrogens (tertiary/aromatic N) is 2. The van der Waals surface area contributed by atoms with E-state index in [2.05, 4.69) is 23.4 Å². The van der Waals surface area contributed by atoms with Gasteiger partial charge in [0.15, 0.2) is 0 Å². The van der Waals surface area contributed by atoms with Crippen LogP contribution in [-0.2, 0) is 0 Å². The fourth-order valence-electron chi connectivity index (χ4n) is 0.927. The third-order valence-corrected chi connectivity index (χ3v) is 1.58. The zero-order valence-corrected chi connectivity index (χ0v) is 7.43. The lowest BCUT2D eigenvalue weighted by molar-refractivity contribution is -0.389. The molecule has 1 aromatic rings. The van der Waals surface area contributed by atoms with Crippen LogP contribution in [0.4, 0.5) is 5.82 Å². The third kappa shape index (κ3) is 1.95. The maximum atomic E-state index is 10.5. The lowest BCUT2D eigenvalue weighted by Crippen LogP contribution is -1.91. The molecule has 0 spiro atoms. The van der Waals surface area contributed by atoms with Gasteiger partial charge in [0.1, 0.15) is 0 Å². The maximum absolute atomic E-state index is 10.5. The lowest BCUT2D eigenvalue weighted by Gasteiger charge is -1.95. The van der Waals surface area contributed by atoms with Crippen molar-refractivity contribution in [2.24, 2.45) is 0 Å². The molecule has 14 heavy (non-hydrogen) atoms. The van der Waals surface area contributed by atoms with E-state index in [0.29, 0.717) is 11.1 Å². The summed E-state index contributed by atoms with van der Waals surface area (Å²) in [6.07, 6.45) is 6.22. The van der Waals surface area contributed by atoms with Crippen molar-refractivity contribution in [1.82, 2.24) is 10.2 Å². The van der Waals surface area contributed by atoms with E-state index >= 15 is 0 Å². The van der Waals surface area contributed by atoms with E-state index in [0.717, 1.165) is 0 Å². The first-order chi connectivity index (χ1) is 6.66. The molecule has 5 nitrogen and oxygen atoms in total. The summed E-state index contributed by atoms with van der Waals surface area (Å²) < 4.78 is 0. The molecule has 5 heteroatoms. The Morgan fingerprint density at radius 3 is 3.00 bits per heavy atom. The van der Waals surface area contributed by atoms with Crippen molar-refractivity contribution in [3.05, 3.63) is 53.3 Å². The Morgan fingerprint density at radius 2 is 2.43 bits per heavy atom. The Kier molecular flexibility index (Phi) is 2.96. The van der Waals surface area contributed by atoms with Crippen LogP contribution >= 0.6 is 0 Å². The van der Waals surface area contributed by atoms with Gasteiger partial charge in [-0.15, -0.1) is 5.10 Å². The molecule has 0 aromatic carbocycles. The SMILES string of the molecule is C=C/C=C\C(=C)c1cn[nH]c1[N+](=O)[O-]. The van der Waals surface area contributed by atoms with E-state index in [-0.39, 0.29) is 5.82 Å². The third-order valence-electron chi connectivity index (χ3n) is 1.58. The molecule has 0 saturated heterocycles. The highest BCUT2D eigenvalue weighted by molar-refractivity contribution is 5.76. The molecule has 0 bridgehead atoms. The van der Waals surface area contributed by atoms with Gasteiger partial charge in [-0.3, -0.25) is 0 Å². The molecule has 0 aliphatic rings. The van der Waals surface area contributed by atoms with Crippen molar-refractivity contribution >= 4 is 11.4 Å². The summed E-state index contributed by atoms with van der Waals surface area (Å²) in [6, 6.07) is 0. The average Bonchev–Trinajstić information content (AvgIpc) is 2.62. The predicted octanol–water partition coefficient (Wildman–Crippen LogP) is 2.07. The topological polar surface area (TPSA) is 71.8 Å². The molecule has 0 radical (unpaired) electrons. The van der Waals surface area contributed by atoms with E-state index in [9.17, 15) is 10.1 Å². The number of rotatable bonds is 4. The summed E-state index contributed by atoms with van der Waals surface area (Å²) in [5.41, 5.74) is 0.901. The molecule has 0 unspecified atom stereocenters. The van der Waals surface area contributed by atoms with Crippen LogP contribution < -0.4 is 0 Å². The van der Waals surface area contributed by atoms with Gasteiger partial charge >= 0.3 is 5.82 Å². The Bertz CT molecular complexity index is 404. The number of nitrogens with one attached hydrogen (secondary N) is 1. The normalized spacial score (nSPS) is 10.3.